The van der Waals surface area contributed by atoms with Gasteiger partial charge in [-0.25, -0.2) is 0 Å². The smallest absolute Gasteiger partial charge is 0.234 e. The highest BCUT2D eigenvalue weighted by atomic mass is 32.2. The van der Waals surface area contributed by atoms with Crippen molar-refractivity contribution in [2.75, 3.05) is 35.8 Å². The van der Waals surface area contributed by atoms with Crippen molar-refractivity contribution in [2.45, 2.75) is 22.5 Å². The Labute approximate surface area is 155 Å². The van der Waals surface area contributed by atoms with Crippen molar-refractivity contribution in [3.8, 4) is 0 Å². The molecule has 0 radical (unpaired) electrons. The molecule has 0 bridgehead atoms. The Kier molecular flexibility index (Phi) is 7.39. The molecule has 1 heterocycles. The van der Waals surface area contributed by atoms with Gasteiger partial charge in [0.15, 0.2) is 8.68 Å². The molecule has 1 aromatic heterocycles. The first-order valence-corrected chi connectivity index (χ1v) is 10.4. The highest BCUT2D eigenvalue weighted by Crippen LogP contribution is 2.29. The maximum absolute atomic E-state index is 12.0. The van der Waals surface area contributed by atoms with Crippen molar-refractivity contribution in [3.05, 3.63) is 24.3 Å². The van der Waals surface area contributed by atoms with E-state index in [0.717, 1.165) is 25.8 Å². The van der Waals surface area contributed by atoms with Crippen LogP contribution in [0.4, 0.5) is 11.4 Å². The molecule has 0 saturated carbocycles. The maximum Gasteiger partial charge on any atom is 0.234 e. The quantitative estimate of drug-likeness (QED) is 0.694. The van der Waals surface area contributed by atoms with Crippen LogP contribution in [0.25, 0.3) is 0 Å². The van der Waals surface area contributed by atoms with Gasteiger partial charge < -0.3 is 10.2 Å². The van der Waals surface area contributed by atoms with Crippen LogP contribution in [0.3, 0.4) is 0 Å². The maximum atomic E-state index is 12.0. The second-order valence-electron chi connectivity index (χ2n) is 5.82. The lowest BCUT2D eigenvalue weighted by Gasteiger charge is -2.12. The van der Waals surface area contributed by atoms with Gasteiger partial charge in [0.05, 0.1) is 5.75 Å². The normalized spacial score (nSPS) is 10.9. The number of carbonyl (C=O) groups excluding carboxylic acids is 1. The van der Waals surface area contributed by atoms with E-state index >= 15 is 0 Å². The molecule has 0 atom stereocenters. The Balaban J connectivity index is 1.78. The Hall–Kier alpha value is -1.25. The first-order valence-electron chi connectivity index (χ1n) is 7.60. The second kappa shape index (κ2) is 9.29. The summed E-state index contributed by atoms with van der Waals surface area (Å²) in [5, 5.41) is 11.2. The predicted molar refractivity (Wildman–Crippen MR) is 106 cm³/mol. The van der Waals surface area contributed by atoms with E-state index in [2.05, 4.69) is 29.4 Å². The standard InChI is InChI=1S/C16H22N4OS3/c1-11(2)9-22-15-18-19-16(24-15)23-10-14(21)17-12-5-7-13(8-6-12)20(3)4/h5-8,11H,9-10H2,1-4H3,(H,17,21). The summed E-state index contributed by atoms with van der Waals surface area (Å²) in [7, 11) is 3.97. The minimum atomic E-state index is -0.0378. The molecule has 0 spiro atoms. The number of hydrogen-bond donors (Lipinski definition) is 1. The van der Waals surface area contributed by atoms with E-state index in [-0.39, 0.29) is 5.91 Å². The highest BCUT2D eigenvalue weighted by molar-refractivity contribution is 8.03. The number of hydrogen-bond acceptors (Lipinski definition) is 7. The predicted octanol–water partition coefficient (Wildman–Crippen LogP) is 4.08. The molecule has 2 rings (SSSR count). The van der Waals surface area contributed by atoms with Crippen LogP contribution in [0, 0.1) is 5.92 Å². The van der Waals surface area contributed by atoms with Gasteiger partial charge in [-0.1, -0.05) is 48.7 Å². The third-order valence-electron chi connectivity index (χ3n) is 2.92. The number of aromatic nitrogens is 2. The molecule has 0 aliphatic carbocycles. The van der Waals surface area contributed by atoms with E-state index < -0.39 is 0 Å². The summed E-state index contributed by atoms with van der Waals surface area (Å²) in [4.78, 5) is 14.1. The molecule has 1 N–H and O–H groups in total. The number of nitrogens with zero attached hydrogens (tertiary/aromatic N) is 3. The van der Waals surface area contributed by atoms with Gasteiger partial charge in [0.25, 0.3) is 0 Å². The minimum absolute atomic E-state index is 0.0378. The molecule has 5 nitrogen and oxygen atoms in total. The van der Waals surface area contributed by atoms with E-state index in [1.54, 1.807) is 23.1 Å². The van der Waals surface area contributed by atoms with E-state index in [4.69, 9.17) is 0 Å². The lowest BCUT2D eigenvalue weighted by atomic mass is 10.2. The third kappa shape index (κ3) is 6.33. The van der Waals surface area contributed by atoms with Crippen LogP contribution in [0.2, 0.25) is 0 Å². The van der Waals surface area contributed by atoms with Crippen molar-refractivity contribution in [2.24, 2.45) is 5.92 Å². The van der Waals surface area contributed by atoms with E-state index in [1.807, 2.05) is 43.3 Å². The summed E-state index contributed by atoms with van der Waals surface area (Å²) >= 11 is 4.69. The van der Waals surface area contributed by atoms with Crippen molar-refractivity contribution in [1.82, 2.24) is 10.2 Å². The van der Waals surface area contributed by atoms with Crippen LogP contribution in [0.15, 0.2) is 32.9 Å². The zero-order valence-corrected chi connectivity index (χ0v) is 16.7. The Bertz CT molecular complexity index is 656. The topological polar surface area (TPSA) is 58.1 Å². The van der Waals surface area contributed by atoms with Crippen molar-refractivity contribution < 1.29 is 4.79 Å². The van der Waals surface area contributed by atoms with Crippen molar-refractivity contribution in [1.29, 1.82) is 0 Å². The van der Waals surface area contributed by atoms with Gasteiger partial charge in [-0.05, 0) is 30.2 Å². The minimum Gasteiger partial charge on any atom is -0.378 e. The molecule has 1 aromatic carbocycles. The summed E-state index contributed by atoms with van der Waals surface area (Å²) in [6.07, 6.45) is 0. The molecule has 0 saturated heterocycles. The Morgan fingerprint density at radius 3 is 2.38 bits per heavy atom. The van der Waals surface area contributed by atoms with E-state index in [0.29, 0.717) is 11.7 Å². The second-order valence-corrected chi connectivity index (χ2v) is 9.28. The Morgan fingerprint density at radius 2 is 1.79 bits per heavy atom. The number of thioether (sulfide) groups is 2. The number of amides is 1. The summed E-state index contributed by atoms with van der Waals surface area (Å²) in [6, 6.07) is 7.77. The monoisotopic (exact) mass is 382 g/mol. The lowest BCUT2D eigenvalue weighted by Crippen LogP contribution is -2.14. The third-order valence-corrected chi connectivity index (χ3v) is 6.54. The van der Waals surface area contributed by atoms with Gasteiger partial charge in [0.2, 0.25) is 5.91 Å². The zero-order valence-electron chi connectivity index (χ0n) is 14.3. The Morgan fingerprint density at radius 1 is 1.17 bits per heavy atom. The average Bonchev–Trinajstić information content (AvgIpc) is 2.99. The van der Waals surface area contributed by atoms with Gasteiger partial charge in [-0.15, -0.1) is 10.2 Å². The lowest BCUT2D eigenvalue weighted by molar-refractivity contribution is -0.113. The van der Waals surface area contributed by atoms with Gasteiger partial charge in [0, 0.05) is 31.2 Å². The largest absolute Gasteiger partial charge is 0.378 e. The molecule has 8 heteroatoms. The first kappa shape index (κ1) is 19.1. The van der Waals surface area contributed by atoms with Gasteiger partial charge >= 0.3 is 0 Å². The van der Waals surface area contributed by atoms with Crippen LogP contribution in [0.5, 0.6) is 0 Å². The van der Waals surface area contributed by atoms with E-state index in [1.165, 1.54) is 11.8 Å². The fourth-order valence-corrected chi connectivity index (χ4v) is 4.52. The molecule has 0 fully saturated rings. The van der Waals surface area contributed by atoms with Crippen LogP contribution in [-0.4, -0.2) is 41.7 Å². The van der Waals surface area contributed by atoms with Crippen molar-refractivity contribution in [3.63, 3.8) is 0 Å². The molecular weight excluding hydrogens is 360 g/mol. The molecule has 2 aromatic rings. The van der Waals surface area contributed by atoms with Gasteiger partial charge in [-0.2, -0.15) is 0 Å². The van der Waals surface area contributed by atoms with Crippen LogP contribution >= 0.6 is 34.9 Å². The number of nitrogens with one attached hydrogen (secondary N) is 1. The molecule has 0 aliphatic rings. The van der Waals surface area contributed by atoms with E-state index in [9.17, 15) is 4.79 Å². The molecule has 1 amide bonds. The SMILES string of the molecule is CC(C)CSc1nnc(SCC(=O)Nc2ccc(N(C)C)cc2)s1. The molecule has 0 unspecified atom stereocenters. The number of rotatable bonds is 8. The summed E-state index contributed by atoms with van der Waals surface area (Å²) < 4.78 is 1.80. The van der Waals surface area contributed by atoms with Crippen molar-refractivity contribution >= 4 is 52.1 Å². The summed E-state index contributed by atoms with van der Waals surface area (Å²) in [6.45, 7) is 4.36. The van der Waals surface area contributed by atoms with Gasteiger partial charge in [-0.3, -0.25) is 4.79 Å². The van der Waals surface area contributed by atoms with Crippen LogP contribution in [-0.2, 0) is 4.79 Å². The molecular formula is C16H22N4OS3. The highest BCUT2D eigenvalue weighted by Gasteiger charge is 2.09. The van der Waals surface area contributed by atoms with Crippen LogP contribution < -0.4 is 10.2 Å². The fourth-order valence-electron chi connectivity index (χ4n) is 1.72. The van der Waals surface area contributed by atoms with Crippen LogP contribution in [0.1, 0.15) is 13.8 Å². The number of anilines is 2. The molecule has 0 aliphatic heterocycles. The zero-order chi connectivity index (χ0) is 17.5. The number of carbonyl (C=O) groups is 1. The summed E-state index contributed by atoms with van der Waals surface area (Å²) in [5.74, 6) is 1.95. The number of benzene rings is 1. The summed E-state index contributed by atoms with van der Waals surface area (Å²) in [5.41, 5.74) is 1.90. The fraction of sp³-hybridized carbons (Fsp3) is 0.438. The van der Waals surface area contributed by atoms with Gasteiger partial charge in [0.1, 0.15) is 0 Å². The first-order chi connectivity index (χ1) is 11.4. The average molecular weight is 383 g/mol. The molecule has 130 valence electrons. The molecule has 24 heavy (non-hydrogen) atoms.